The molecule has 142 valence electrons. The van der Waals surface area contributed by atoms with Gasteiger partial charge < -0.3 is 14.5 Å². The van der Waals surface area contributed by atoms with Crippen molar-refractivity contribution in [2.75, 3.05) is 73.6 Å². The lowest BCUT2D eigenvalue weighted by atomic mass is 9.94. The van der Waals surface area contributed by atoms with Crippen LogP contribution in [0, 0.1) is 0 Å². The molecular formula is C19H40N4O. The fourth-order valence-electron chi connectivity index (χ4n) is 3.88. The van der Waals surface area contributed by atoms with E-state index in [1.807, 2.05) is 0 Å². The molecule has 0 saturated carbocycles. The molecule has 5 heteroatoms. The first-order valence-electron chi connectivity index (χ1n) is 9.75. The average molecular weight is 341 g/mol. The third-order valence-electron chi connectivity index (χ3n) is 6.12. The molecule has 0 amide bonds. The van der Waals surface area contributed by atoms with Gasteiger partial charge in [-0.05, 0) is 54.8 Å². The Morgan fingerprint density at radius 3 is 2.17 bits per heavy atom. The van der Waals surface area contributed by atoms with Gasteiger partial charge in [0.2, 0.25) is 0 Å². The van der Waals surface area contributed by atoms with Crippen LogP contribution in [0.5, 0.6) is 0 Å². The molecular weight excluding hydrogens is 300 g/mol. The minimum atomic E-state index is -0.0866. The molecule has 0 aromatic heterocycles. The SMILES string of the molecule is CC(N1CCC(N2CCN(C)CC2)CC1)C(C)(C)OCCN(C)C. The van der Waals surface area contributed by atoms with Crippen molar-refractivity contribution < 1.29 is 4.74 Å². The van der Waals surface area contributed by atoms with E-state index in [0.29, 0.717) is 6.04 Å². The molecule has 5 nitrogen and oxygen atoms in total. The smallest absolute Gasteiger partial charge is 0.0778 e. The van der Waals surface area contributed by atoms with Gasteiger partial charge in [-0.1, -0.05) is 0 Å². The highest BCUT2D eigenvalue weighted by Gasteiger charge is 2.35. The molecule has 0 N–H and O–H groups in total. The molecule has 1 unspecified atom stereocenters. The van der Waals surface area contributed by atoms with Crippen LogP contribution in [0.3, 0.4) is 0 Å². The van der Waals surface area contributed by atoms with Gasteiger partial charge in [-0.2, -0.15) is 0 Å². The van der Waals surface area contributed by atoms with E-state index in [1.165, 1.54) is 52.1 Å². The summed E-state index contributed by atoms with van der Waals surface area (Å²) in [6.45, 7) is 16.0. The van der Waals surface area contributed by atoms with Crippen LogP contribution < -0.4 is 0 Å². The van der Waals surface area contributed by atoms with Gasteiger partial charge in [-0.25, -0.2) is 0 Å². The Bertz CT molecular complexity index is 358. The first kappa shape index (κ1) is 20.1. The van der Waals surface area contributed by atoms with E-state index in [0.717, 1.165) is 19.2 Å². The summed E-state index contributed by atoms with van der Waals surface area (Å²) < 4.78 is 6.21. The Morgan fingerprint density at radius 2 is 1.62 bits per heavy atom. The quantitative estimate of drug-likeness (QED) is 0.698. The summed E-state index contributed by atoms with van der Waals surface area (Å²) in [5.41, 5.74) is -0.0866. The van der Waals surface area contributed by atoms with Crippen molar-refractivity contribution in [2.24, 2.45) is 0 Å². The van der Waals surface area contributed by atoms with Crippen molar-refractivity contribution in [3.05, 3.63) is 0 Å². The lowest BCUT2D eigenvalue weighted by Crippen LogP contribution is -2.56. The summed E-state index contributed by atoms with van der Waals surface area (Å²) >= 11 is 0. The fraction of sp³-hybridized carbons (Fsp3) is 1.00. The highest BCUT2D eigenvalue weighted by atomic mass is 16.5. The zero-order chi connectivity index (χ0) is 17.7. The maximum Gasteiger partial charge on any atom is 0.0778 e. The predicted octanol–water partition coefficient (Wildman–Crippen LogP) is 1.44. The number of likely N-dealkylation sites (tertiary alicyclic amines) is 1. The Hall–Kier alpha value is -0.200. The summed E-state index contributed by atoms with van der Waals surface area (Å²) in [6.07, 6.45) is 2.61. The Morgan fingerprint density at radius 1 is 1.04 bits per heavy atom. The lowest BCUT2D eigenvalue weighted by Gasteiger charge is -2.46. The van der Waals surface area contributed by atoms with Crippen molar-refractivity contribution in [3.63, 3.8) is 0 Å². The lowest BCUT2D eigenvalue weighted by molar-refractivity contribution is -0.0840. The monoisotopic (exact) mass is 340 g/mol. The number of nitrogens with zero attached hydrogens (tertiary/aromatic N) is 4. The van der Waals surface area contributed by atoms with E-state index < -0.39 is 0 Å². The Labute approximate surface area is 149 Å². The molecule has 0 aromatic rings. The minimum absolute atomic E-state index is 0.0866. The van der Waals surface area contributed by atoms with E-state index in [4.69, 9.17) is 4.74 Å². The van der Waals surface area contributed by atoms with Gasteiger partial charge >= 0.3 is 0 Å². The van der Waals surface area contributed by atoms with Crippen LogP contribution in [-0.4, -0.2) is 111 Å². The molecule has 1 atom stereocenters. The number of piperazine rings is 1. The van der Waals surface area contributed by atoms with Crippen molar-refractivity contribution in [1.82, 2.24) is 19.6 Å². The van der Waals surface area contributed by atoms with Crippen molar-refractivity contribution in [1.29, 1.82) is 0 Å². The Kier molecular flexibility index (Phi) is 7.50. The number of piperidine rings is 1. The van der Waals surface area contributed by atoms with E-state index >= 15 is 0 Å². The van der Waals surface area contributed by atoms with Crippen molar-refractivity contribution in [3.8, 4) is 0 Å². The van der Waals surface area contributed by atoms with Gasteiger partial charge in [0.1, 0.15) is 0 Å². The molecule has 0 radical (unpaired) electrons. The molecule has 0 aliphatic carbocycles. The fourth-order valence-corrected chi connectivity index (χ4v) is 3.88. The van der Waals surface area contributed by atoms with Crippen LogP contribution in [0.2, 0.25) is 0 Å². The predicted molar refractivity (Wildman–Crippen MR) is 102 cm³/mol. The van der Waals surface area contributed by atoms with Crippen molar-refractivity contribution in [2.45, 2.75) is 51.3 Å². The number of likely N-dealkylation sites (N-methyl/N-ethyl adjacent to an activating group) is 2. The second-order valence-electron chi connectivity index (χ2n) is 8.54. The second kappa shape index (κ2) is 8.95. The molecule has 2 rings (SSSR count). The number of rotatable bonds is 7. The molecule has 24 heavy (non-hydrogen) atoms. The van der Waals surface area contributed by atoms with E-state index in [9.17, 15) is 0 Å². The highest BCUT2D eigenvalue weighted by molar-refractivity contribution is 4.90. The summed E-state index contributed by atoms with van der Waals surface area (Å²) in [6, 6.07) is 1.26. The third-order valence-corrected chi connectivity index (χ3v) is 6.12. The van der Waals surface area contributed by atoms with Crippen LogP contribution in [0.1, 0.15) is 33.6 Å². The van der Waals surface area contributed by atoms with Crippen LogP contribution >= 0.6 is 0 Å². The minimum Gasteiger partial charge on any atom is -0.373 e. The van der Waals surface area contributed by atoms with Crippen molar-refractivity contribution >= 4 is 0 Å². The van der Waals surface area contributed by atoms with Gasteiger partial charge in [-0.15, -0.1) is 0 Å². The topological polar surface area (TPSA) is 22.2 Å². The molecule has 2 heterocycles. The third kappa shape index (κ3) is 5.67. The summed E-state index contributed by atoms with van der Waals surface area (Å²) in [7, 11) is 6.44. The van der Waals surface area contributed by atoms with Gasteiger partial charge in [0.25, 0.3) is 0 Å². The van der Waals surface area contributed by atoms with E-state index in [2.05, 4.69) is 61.5 Å². The summed E-state index contributed by atoms with van der Waals surface area (Å²) in [4.78, 5) is 9.99. The van der Waals surface area contributed by atoms with Gasteiger partial charge in [0.15, 0.2) is 0 Å². The summed E-state index contributed by atoms with van der Waals surface area (Å²) in [5, 5.41) is 0. The maximum absolute atomic E-state index is 6.21. The molecule has 2 aliphatic heterocycles. The molecule has 2 fully saturated rings. The molecule has 0 aromatic carbocycles. The second-order valence-corrected chi connectivity index (χ2v) is 8.54. The van der Waals surface area contributed by atoms with Gasteiger partial charge in [0.05, 0.1) is 12.2 Å². The average Bonchev–Trinajstić information content (AvgIpc) is 2.54. The van der Waals surface area contributed by atoms with Crippen LogP contribution in [0.25, 0.3) is 0 Å². The maximum atomic E-state index is 6.21. The molecule has 2 aliphatic rings. The van der Waals surface area contributed by atoms with E-state index in [-0.39, 0.29) is 5.60 Å². The van der Waals surface area contributed by atoms with Gasteiger partial charge in [0, 0.05) is 57.9 Å². The number of hydrogen-bond donors (Lipinski definition) is 0. The largest absolute Gasteiger partial charge is 0.373 e. The molecule has 2 saturated heterocycles. The number of ether oxygens (including phenoxy) is 1. The zero-order valence-corrected chi connectivity index (χ0v) is 16.9. The zero-order valence-electron chi connectivity index (χ0n) is 16.9. The number of hydrogen-bond acceptors (Lipinski definition) is 5. The molecule has 0 bridgehead atoms. The first-order valence-corrected chi connectivity index (χ1v) is 9.75. The van der Waals surface area contributed by atoms with Crippen LogP contribution in [0.4, 0.5) is 0 Å². The normalized spacial score (nSPS) is 24.6. The Balaban J connectivity index is 1.76. The van der Waals surface area contributed by atoms with Gasteiger partial charge in [-0.3, -0.25) is 9.80 Å². The summed E-state index contributed by atoms with van der Waals surface area (Å²) in [5.74, 6) is 0. The molecule has 0 spiro atoms. The van der Waals surface area contributed by atoms with Crippen LogP contribution in [-0.2, 0) is 4.74 Å². The first-order chi connectivity index (χ1) is 11.3. The van der Waals surface area contributed by atoms with Crippen LogP contribution in [0.15, 0.2) is 0 Å². The highest BCUT2D eigenvalue weighted by Crippen LogP contribution is 2.25. The van der Waals surface area contributed by atoms with E-state index in [1.54, 1.807) is 0 Å². The standard InChI is InChI=1S/C19H40N4O/c1-17(19(2,3)24-16-15-20(4)5)22-9-7-18(8-10-22)23-13-11-21(6)12-14-23/h17-18H,7-16H2,1-6H3.